The summed E-state index contributed by atoms with van der Waals surface area (Å²) in [4.78, 5) is 2.31. The van der Waals surface area contributed by atoms with Gasteiger partial charge in [-0.3, -0.25) is 0 Å². The van der Waals surface area contributed by atoms with Crippen LogP contribution in [0.2, 0.25) is 0 Å². The van der Waals surface area contributed by atoms with Crippen molar-refractivity contribution in [3.8, 4) is 69.4 Å². The Kier molecular flexibility index (Phi) is 10.3. The van der Waals surface area contributed by atoms with E-state index < -0.39 is 0 Å². The molecule has 11 aromatic rings. The van der Waals surface area contributed by atoms with Gasteiger partial charge in [0, 0.05) is 48.0 Å². The molecule has 0 N–H and O–H groups in total. The third-order valence-corrected chi connectivity index (χ3v) is 12.3. The molecular weight excluding hydrogens is 771 g/mol. The van der Waals surface area contributed by atoms with Crippen LogP contribution in [0.3, 0.4) is 0 Å². The smallest absolute Gasteiger partial charge is 0.136 e. The van der Waals surface area contributed by atoms with Crippen molar-refractivity contribution in [2.75, 3.05) is 4.90 Å². The van der Waals surface area contributed by atoms with Gasteiger partial charge in [-0.2, -0.15) is 0 Å². The van der Waals surface area contributed by atoms with E-state index in [-0.39, 0.29) is 0 Å². The van der Waals surface area contributed by atoms with Crippen LogP contribution in [-0.2, 0) is 0 Å². The van der Waals surface area contributed by atoms with Crippen molar-refractivity contribution in [3.05, 3.63) is 200 Å². The predicted octanol–water partition coefficient (Wildman–Crippen LogP) is 16.2. The van der Waals surface area contributed by atoms with Crippen LogP contribution in [-0.4, -0.2) is 0 Å². The molecule has 0 saturated carbocycles. The number of furan rings is 1. The van der Waals surface area contributed by atoms with E-state index in [9.17, 15) is 0 Å². The van der Waals surface area contributed by atoms with E-state index in [0.717, 1.165) is 39.2 Å². The van der Waals surface area contributed by atoms with E-state index >= 15 is 0 Å². The van der Waals surface area contributed by atoms with Crippen LogP contribution in [0.15, 0.2) is 205 Å². The molecule has 2 heterocycles. The van der Waals surface area contributed by atoms with Crippen molar-refractivity contribution in [3.63, 3.8) is 0 Å². The summed E-state index contributed by atoms with van der Waals surface area (Å²) in [6, 6.07) is 72.0. The van der Waals surface area contributed by atoms with Crippen LogP contribution >= 0.6 is 11.3 Å². The zero-order chi connectivity index (χ0) is 41.8. The number of hydrogen-bond donors (Lipinski definition) is 0. The molecule has 2 nitrogen and oxygen atoms in total. The van der Waals surface area contributed by atoms with Crippen molar-refractivity contribution >= 4 is 81.3 Å². The molecule has 0 fully saturated rings. The lowest BCUT2D eigenvalue weighted by Crippen LogP contribution is -2.09. The Morgan fingerprint density at radius 3 is 1.73 bits per heavy atom. The predicted molar refractivity (Wildman–Crippen MR) is 265 cm³/mol. The van der Waals surface area contributed by atoms with Gasteiger partial charge in [0.1, 0.15) is 11.2 Å². The third kappa shape index (κ3) is 7.34. The molecule has 0 saturated heterocycles. The van der Waals surface area contributed by atoms with E-state index in [1.54, 1.807) is 6.92 Å². The Bertz CT molecular complexity index is 3560. The largest absolute Gasteiger partial charge is 0.456 e. The maximum absolute atomic E-state index is 6.54. The highest BCUT2D eigenvalue weighted by molar-refractivity contribution is 7.26. The number of benzene rings is 9. The molecule has 62 heavy (non-hydrogen) atoms. The molecule has 0 atom stereocenters. The Balaban J connectivity index is 0.000000606. The molecule has 3 heteroatoms. The fourth-order valence-corrected chi connectivity index (χ4v) is 9.42. The molecule has 2 aromatic heterocycles. The number of fused-ring (bicyclic) bond motifs is 8. The molecule has 11 rings (SSSR count). The maximum atomic E-state index is 6.54. The molecule has 0 bridgehead atoms. The molecule has 0 unspecified atom stereocenters. The van der Waals surface area contributed by atoms with Crippen molar-refractivity contribution in [2.24, 2.45) is 0 Å². The zero-order valence-electron chi connectivity index (χ0n) is 33.9. The Morgan fingerprint density at radius 1 is 0.419 bits per heavy atom. The van der Waals surface area contributed by atoms with Crippen LogP contribution < -0.4 is 4.90 Å². The van der Waals surface area contributed by atoms with Crippen molar-refractivity contribution in [2.45, 2.75) is 6.92 Å². The first-order valence-corrected chi connectivity index (χ1v) is 21.3. The minimum Gasteiger partial charge on any atom is -0.456 e. The van der Waals surface area contributed by atoms with Crippen LogP contribution in [0.25, 0.3) is 86.3 Å². The number of para-hydroxylation sites is 2. The molecule has 290 valence electrons. The molecule has 0 amide bonds. The van der Waals surface area contributed by atoms with Gasteiger partial charge < -0.3 is 9.32 Å². The van der Waals surface area contributed by atoms with E-state index in [4.69, 9.17) is 10.8 Å². The van der Waals surface area contributed by atoms with E-state index in [2.05, 4.69) is 235 Å². The van der Waals surface area contributed by atoms with Gasteiger partial charge in [-0.25, -0.2) is 0 Å². The number of hydrogen-bond acceptors (Lipinski definition) is 3. The minimum atomic E-state index is 0.919. The second-order valence-corrected chi connectivity index (χ2v) is 16.0. The van der Waals surface area contributed by atoms with Crippen molar-refractivity contribution < 1.29 is 4.42 Å². The molecule has 0 radical (unpaired) electrons. The SMILES string of the molecule is C#CC#CC#CC.c1ccc(N(c2ccccc2)c2cccc(-c3ccc(-c4ccc5c(c4)sc4ccc6oc7cc(-c8ccc9ccccc9c8)ccc7c6c45)cc3)c2)cc1. The van der Waals surface area contributed by atoms with Gasteiger partial charge in [-0.05, 0) is 148 Å². The van der Waals surface area contributed by atoms with Gasteiger partial charge >= 0.3 is 0 Å². The normalized spacial score (nSPS) is 10.7. The average molecular weight is 808 g/mol. The van der Waals surface area contributed by atoms with Crippen LogP contribution in [0.1, 0.15) is 6.92 Å². The molecule has 9 aromatic carbocycles. The summed E-state index contributed by atoms with van der Waals surface area (Å²) in [5.74, 6) is 12.0. The van der Waals surface area contributed by atoms with Crippen LogP contribution in [0.5, 0.6) is 0 Å². The first kappa shape index (κ1) is 38.0. The lowest BCUT2D eigenvalue weighted by molar-refractivity contribution is 0.669. The highest BCUT2D eigenvalue weighted by Gasteiger charge is 2.17. The number of rotatable bonds is 6. The van der Waals surface area contributed by atoms with E-state index in [0.29, 0.717) is 0 Å². The van der Waals surface area contributed by atoms with Crippen molar-refractivity contribution in [1.82, 2.24) is 0 Å². The second-order valence-electron chi connectivity index (χ2n) is 14.9. The average Bonchev–Trinajstić information content (AvgIpc) is 3.90. The minimum absolute atomic E-state index is 0.919. The summed E-state index contributed by atoms with van der Waals surface area (Å²) in [6.45, 7) is 1.71. The summed E-state index contributed by atoms with van der Waals surface area (Å²) in [6.07, 6.45) is 4.78. The monoisotopic (exact) mass is 807 g/mol. The lowest BCUT2D eigenvalue weighted by Gasteiger charge is -2.25. The molecule has 0 aliphatic heterocycles. The summed E-state index contributed by atoms with van der Waals surface area (Å²) < 4.78 is 9.09. The topological polar surface area (TPSA) is 16.4 Å². The number of thiophene rings is 1. The van der Waals surface area contributed by atoms with Gasteiger partial charge in [0.05, 0.1) is 0 Å². The van der Waals surface area contributed by atoms with Gasteiger partial charge in [0.25, 0.3) is 0 Å². The Morgan fingerprint density at radius 2 is 1.02 bits per heavy atom. The first-order valence-electron chi connectivity index (χ1n) is 20.4. The number of terminal acetylenes is 1. The summed E-state index contributed by atoms with van der Waals surface area (Å²) in [7, 11) is 0. The van der Waals surface area contributed by atoms with Gasteiger partial charge in [-0.1, -0.05) is 133 Å². The van der Waals surface area contributed by atoms with Crippen LogP contribution in [0.4, 0.5) is 17.1 Å². The number of anilines is 3. The fraction of sp³-hybridized carbons (Fsp3) is 0.0169. The Labute approximate surface area is 365 Å². The summed E-state index contributed by atoms with van der Waals surface area (Å²) >= 11 is 1.85. The second kappa shape index (κ2) is 16.8. The lowest BCUT2D eigenvalue weighted by atomic mass is 9.98. The third-order valence-electron chi connectivity index (χ3n) is 11.2. The Hall–Kier alpha value is -8.26. The van der Waals surface area contributed by atoms with Gasteiger partial charge in [0.2, 0.25) is 0 Å². The standard InChI is InChI=1S/C52H33NOS.C7H4/c1-3-13-42(14-4-1)53(43-15-5-2-6-16-43)44-17-9-12-38(31-44)35-18-20-36(21-19-35)41-25-27-46-50(33-41)55-49-29-28-47-51(52(46)49)45-26-24-40(32-48(45)54-47)39-23-22-34-10-7-8-11-37(34)30-39;1-3-5-7-6-4-2/h1-33H;1H,2H3. The highest BCUT2D eigenvalue weighted by atomic mass is 32.1. The van der Waals surface area contributed by atoms with Crippen LogP contribution in [0, 0.1) is 36.0 Å². The molecule has 0 aliphatic carbocycles. The first-order chi connectivity index (χ1) is 30.6. The highest BCUT2D eigenvalue weighted by Crippen LogP contribution is 2.44. The van der Waals surface area contributed by atoms with E-state index in [1.165, 1.54) is 64.1 Å². The molecular formula is C59H37NOS. The summed E-state index contributed by atoms with van der Waals surface area (Å²) in [5.41, 5.74) is 12.4. The van der Waals surface area contributed by atoms with E-state index in [1.807, 2.05) is 11.3 Å². The molecule has 0 spiro atoms. The maximum Gasteiger partial charge on any atom is 0.136 e. The fourth-order valence-electron chi connectivity index (χ4n) is 8.27. The number of nitrogens with zero attached hydrogens (tertiary/aromatic N) is 1. The van der Waals surface area contributed by atoms with Crippen molar-refractivity contribution in [1.29, 1.82) is 0 Å². The summed E-state index contributed by atoms with van der Waals surface area (Å²) in [5, 5.41) is 7.39. The molecule has 0 aliphatic rings. The zero-order valence-corrected chi connectivity index (χ0v) is 34.7. The quantitative estimate of drug-likeness (QED) is 0.156. The van der Waals surface area contributed by atoms with Gasteiger partial charge in [0.15, 0.2) is 0 Å². The van der Waals surface area contributed by atoms with Gasteiger partial charge in [-0.15, -0.1) is 17.8 Å².